The molecule has 144 valence electrons. The number of amides is 1. The number of carbonyl (C=O) groups is 1. The van der Waals surface area contributed by atoms with Crippen LogP contribution in [0.1, 0.15) is 16.8 Å². The van der Waals surface area contributed by atoms with Gasteiger partial charge in [-0.15, -0.1) is 0 Å². The molecule has 1 aromatic heterocycles. The molecule has 28 heavy (non-hydrogen) atoms. The van der Waals surface area contributed by atoms with E-state index in [2.05, 4.69) is 20.9 Å². The first-order valence-electron chi connectivity index (χ1n) is 8.55. The summed E-state index contributed by atoms with van der Waals surface area (Å²) in [6.45, 7) is 0.526. The van der Waals surface area contributed by atoms with Gasteiger partial charge in [-0.3, -0.25) is 4.79 Å². The maximum absolute atomic E-state index is 13.0. The van der Waals surface area contributed by atoms with E-state index < -0.39 is 11.7 Å². The number of nitrogens with zero attached hydrogens (tertiary/aromatic N) is 3. The van der Waals surface area contributed by atoms with Gasteiger partial charge in [-0.25, -0.2) is 4.98 Å². The van der Waals surface area contributed by atoms with Crippen molar-refractivity contribution in [1.82, 2.24) is 14.5 Å². The molecule has 8 heteroatoms. The van der Waals surface area contributed by atoms with Crippen molar-refractivity contribution in [3.05, 3.63) is 76.2 Å². The van der Waals surface area contributed by atoms with Crippen LogP contribution in [0.25, 0.3) is 11.3 Å². The number of benzene rings is 2. The highest BCUT2D eigenvalue weighted by molar-refractivity contribution is 9.10. The van der Waals surface area contributed by atoms with Gasteiger partial charge in [0.1, 0.15) is 6.54 Å². The number of alkyl halides is 3. The van der Waals surface area contributed by atoms with Crippen LogP contribution in [0.4, 0.5) is 13.2 Å². The zero-order chi connectivity index (χ0) is 19.9. The molecule has 1 aliphatic rings. The van der Waals surface area contributed by atoms with E-state index in [0.717, 1.165) is 33.6 Å². The van der Waals surface area contributed by atoms with E-state index in [1.165, 1.54) is 6.07 Å². The molecule has 1 aliphatic heterocycles. The fourth-order valence-corrected chi connectivity index (χ4v) is 3.71. The van der Waals surface area contributed by atoms with Gasteiger partial charge in [-0.05, 0) is 29.8 Å². The molecule has 0 radical (unpaired) electrons. The van der Waals surface area contributed by atoms with E-state index in [4.69, 9.17) is 0 Å². The minimum atomic E-state index is -4.41. The Balaban J connectivity index is 1.62. The molecule has 4 rings (SSSR count). The minimum absolute atomic E-state index is 0.117. The molecule has 0 N–H and O–H groups in total. The van der Waals surface area contributed by atoms with Crippen molar-refractivity contribution in [2.75, 3.05) is 0 Å². The first-order chi connectivity index (χ1) is 13.3. The van der Waals surface area contributed by atoms with Gasteiger partial charge in [-0.1, -0.05) is 40.2 Å². The first-order valence-corrected chi connectivity index (χ1v) is 9.34. The van der Waals surface area contributed by atoms with Gasteiger partial charge < -0.3 is 9.47 Å². The summed E-state index contributed by atoms with van der Waals surface area (Å²) in [7, 11) is 0. The zero-order valence-electron chi connectivity index (χ0n) is 14.6. The molecule has 2 aromatic carbocycles. The van der Waals surface area contributed by atoms with Gasteiger partial charge in [-0.2, -0.15) is 13.2 Å². The summed E-state index contributed by atoms with van der Waals surface area (Å²) < 4.78 is 41.6. The Hall–Kier alpha value is -2.61. The molecule has 0 bridgehead atoms. The largest absolute Gasteiger partial charge is 0.416 e. The molecular formula is C20H15BrF3N3O. The highest BCUT2D eigenvalue weighted by atomic mass is 79.9. The van der Waals surface area contributed by atoms with Gasteiger partial charge in [0.2, 0.25) is 5.91 Å². The van der Waals surface area contributed by atoms with Crippen molar-refractivity contribution >= 4 is 21.8 Å². The van der Waals surface area contributed by atoms with Crippen LogP contribution in [0.5, 0.6) is 0 Å². The number of hydrogen-bond donors (Lipinski definition) is 0. The second kappa shape index (κ2) is 7.09. The normalized spacial score (nSPS) is 14.3. The molecule has 3 aromatic rings. The van der Waals surface area contributed by atoms with Gasteiger partial charge in [0.05, 0.1) is 29.8 Å². The summed E-state index contributed by atoms with van der Waals surface area (Å²) in [5, 5.41) is 0. The Morgan fingerprint density at radius 3 is 2.61 bits per heavy atom. The van der Waals surface area contributed by atoms with Crippen molar-refractivity contribution in [3.63, 3.8) is 0 Å². The predicted molar refractivity (Wildman–Crippen MR) is 101 cm³/mol. The Bertz CT molecular complexity index is 1050. The van der Waals surface area contributed by atoms with Crippen molar-refractivity contribution in [3.8, 4) is 11.3 Å². The molecule has 4 nitrogen and oxygen atoms in total. The fraction of sp³-hybridized carbons (Fsp3) is 0.200. The van der Waals surface area contributed by atoms with Crippen LogP contribution < -0.4 is 0 Å². The number of hydrogen-bond acceptors (Lipinski definition) is 2. The van der Waals surface area contributed by atoms with E-state index in [-0.39, 0.29) is 25.5 Å². The van der Waals surface area contributed by atoms with Crippen molar-refractivity contribution < 1.29 is 18.0 Å². The van der Waals surface area contributed by atoms with Crippen LogP contribution in [-0.4, -0.2) is 20.4 Å². The van der Waals surface area contributed by atoms with E-state index in [9.17, 15) is 18.0 Å². The molecule has 2 heterocycles. The number of fused-ring (bicyclic) bond motifs is 1. The van der Waals surface area contributed by atoms with Crippen molar-refractivity contribution in [2.24, 2.45) is 0 Å². The lowest BCUT2D eigenvalue weighted by Crippen LogP contribution is -2.38. The second-order valence-electron chi connectivity index (χ2n) is 6.63. The Labute approximate surface area is 167 Å². The van der Waals surface area contributed by atoms with Gasteiger partial charge in [0.25, 0.3) is 0 Å². The molecule has 0 saturated heterocycles. The number of imidazole rings is 1. The van der Waals surface area contributed by atoms with E-state index in [0.29, 0.717) is 5.56 Å². The van der Waals surface area contributed by atoms with Crippen LogP contribution in [0.2, 0.25) is 0 Å². The summed E-state index contributed by atoms with van der Waals surface area (Å²) in [6.07, 6.45) is -2.78. The Morgan fingerprint density at radius 1 is 1.07 bits per heavy atom. The second-order valence-corrected chi connectivity index (χ2v) is 7.54. The van der Waals surface area contributed by atoms with Crippen molar-refractivity contribution in [2.45, 2.75) is 25.8 Å². The summed E-state index contributed by atoms with van der Waals surface area (Å²) in [5.74, 6) is -0.150. The summed E-state index contributed by atoms with van der Waals surface area (Å²) in [6, 6.07) is 12.8. The molecular weight excluding hydrogens is 435 g/mol. The van der Waals surface area contributed by atoms with Crippen LogP contribution in [0, 0.1) is 0 Å². The lowest BCUT2D eigenvalue weighted by atomic mass is 10.1. The summed E-state index contributed by atoms with van der Waals surface area (Å²) in [4.78, 5) is 18.5. The molecule has 0 unspecified atom stereocenters. The fourth-order valence-electron chi connectivity index (χ4n) is 3.31. The molecule has 0 fully saturated rings. The Kier molecular flexibility index (Phi) is 4.74. The average Bonchev–Trinajstić information content (AvgIpc) is 3.04. The minimum Gasteiger partial charge on any atom is -0.331 e. The van der Waals surface area contributed by atoms with Gasteiger partial charge in [0.15, 0.2) is 0 Å². The summed E-state index contributed by atoms with van der Waals surface area (Å²) in [5.41, 5.74) is 2.28. The highest BCUT2D eigenvalue weighted by Gasteiger charge is 2.31. The lowest BCUT2D eigenvalue weighted by Gasteiger charge is -2.29. The van der Waals surface area contributed by atoms with Crippen LogP contribution in [0.3, 0.4) is 0 Å². The SMILES string of the molecule is O=C1Cn2cnc(-c3cccc(Br)c3)c2CN1Cc1cccc(C(F)(F)F)c1. The maximum Gasteiger partial charge on any atom is 0.416 e. The quantitative estimate of drug-likeness (QED) is 0.571. The maximum atomic E-state index is 13.0. The Morgan fingerprint density at radius 2 is 1.86 bits per heavy atom. The molecule has 0 spiro atoms. The molecule has 0 saturated carbocycles. The molecule has 0 atom stereocenters. The monoisotopic (exact) mass is 449 g/mol. The van der Waals surface area contributed by atoms with E-state index >= 15 is 0 Å². The lowest BCUT2D eigenvalue weighted by molar-refractivity contribution is -0.137. The highest BCUT2D eigenvalue weighted by Crippen LogP contribution is 2.31. The number of rotatable bonds is 3. The summed E-state index contributed by atoms with van der Waals surface area (Å²) >= 11 is 3.44. The smallest absolute Gasteiger partial charge is 0.331 e. The van der Waals surface area contributed by atoms with Crippen LogP contribution >= 0.6 is 15.9 Å². The van der Waals surface area contributed by atoms with Crippen LogP contribution in [0.15, 0.2) is 59.3 Å². The number of aromatic nitrogens is 2. The average molecular weight is 450 g/mol. The van der Waals surface area contributed by atoms with E-state index in [1.807, 2.05) is 24.3 Å². The third-order valence-corrected chi connectivity index (χ3v) is 5.16. The number of carbonyl (C=O) groups excluding carboxylic acids is 1. The molecule has 0 aliphatic carbocycles. The molecule has 1 amide bonds. The third-order valence-electron chi connectivity index (χ3n) is 4.67. The first kappa shape index (κ1) is 18.7. The standard InChI is InChI=1S/C20H15BrF3N3O/c21-16-6-2-4-14(8-16)19-17-10-26(18(28)11-27(17)12-25-19)9-13-3-1-5-15(7-13)20(22,23)24/h1-8,12H,9-11H2. The van der Waals surface area contributed by atoms with E-state index in [1.54, 1.807) is 21.9 Å². The zero-order valence-corrected chi connectivity index (χ0v) is 16.2. The van der Waals surface area contributed by atoms with Gasteiger partial charge in [0, 0.05) is 16.6 Å². The van der Waals surface area contributed by atoms with Crippen LogP contribution in [-0.2, 0) is 30.6 Å². The third kappa shape index (κ3) is 3.69. The predicted octanol–water partition coefficient (Wildman–Crippen LogP) is 4.87. The van der Waals surface area contributed by atoms with Gasteiger partial charge >= 0.3 is 6.18 Å². The van der Waals surface area contributed by atoms with Crippen molar-refractivity contribution in [1.29, 1.82) is 0 Å². The number of halogens is 4. The topological polar surface area (TPSA) is 38.1 Å².